The van der Waals surface area contributed by atoms with Crippen molar-refractivity contribution >= 4 is 15.9 Å². The lowest BCUT2D eigenvalue weighted by atomic mass is 10.1. The second kappa shape index (κ2) is 6.02. The maximum atomic E-state index is 5.90. The van der Waals surface area contributed by atoms with E-state index in [1.54, 1.807) is 6.20 Å². The van der Waals surface area contributed by atoms with Gasteiger partial charge >= 0.3 is 0 Å². The van der Waals surface area contributed by atoms with Gasteiger partial charge in [-0.1, -0.05) is 6.92 Å². The Morgan fingerprint density at radius 1 is 1.28 bits per heavy atom. The van der Waals surface area contributed by atoms with Gasteiger partial charge in [-0.25, -0.2) is 9.97 Å². The molecule has 4 nitrogen and oxygen atoms in total. The molecule has 94 valence electrons. The summed E-state index contributed by atoms with van der Waals surface area (Å²) in [7, 11) is 0. The summed E-state index contributed by atoms with van der Waals surface area (Å²) in [4.78, 5) is 12.9. The molecule has 5 heteroatoms. The van der Waals surface area contributed by atoms with Crippen molar-refractivity contribution in [2.24, 2.45) is 5.73 Å². The fraction of sp³-hybridized carbons (Fsp3) is 0.308. The van der Waals surface area contributed by atoms with Crippen molar-refractivity contribution in [3.05, 3.63) is 40.8 Å². The minimum Gasteiger partial charge on any atom is -0.327 e. The van der Waals surface area contributed by atoms with Crippen molar-refractivity contribution in [3.8, 4) is 11.5 Å². The van der Waals surface area contributed by atoms with Crippen LogP contribution in [-0.2, 0) is 6.42 Å². The number of rotatable bonds is 4. The first-order valence-electron chi connectivity index (χ1n) is 5.88. The highest BCUT2D eigenvalue weighted by molar-refractivity contribution is 9.10. The molecule has 0 bridgehead atoms. The number of hydrogen-bond acceptors (Lipinski definition) is 4. The molecule has 0 fully saturated rings. The largest absolute Gasteiger partial charge is 0.327 e. The van der Waals surface area contributed by atoms with Crippen molar-refractivity contribution in [2.45, 2.75) is 25.8 Å². The van der Waals surface area contributed by atoms with E-state index in [4.69, 9.17) is 5.73 Å². The van der Waals surface area contributed by atoms with Gasteiger partial charge in [0.1, 0.15) is 5.69 Å². The first-order valence-corrected chi connectivity index (χ1v) is 6.67. The zero-order valence-electron chi connectivity index (χ0n) is 10.2. The molecule has 2 rings (SSSR count). The van der Waals surface area contributed by atoms with Crippen LogP contribution in [0.4, 0.5) is 0 Å². The lowest BCUT2D eigenvalue weighted by molar-refractivity contribution is 0.643. The summed E-state index contributed by atoms with van der Waals surface area (Å²) in [5, 5.41) is 0. The van der Waals surface area contributed by atoms with E-state index in [-0.39, 0.29) is 6.04 Å². The first kappa shape index (κ1) is 13.1. The summed E-state index contributed by atoms with van der Waals surface area (Å²) >= 11 is 3.44. The Hall–Kier alpha value is -1.33. The van der Waals surface area contributed by atoms with E-state index in [1.807, 2.05) is 24.5 Å². The van der Waals surface area contributed by atoms with Crippen molar-refractivity contribution < 1.29 is 0 Å². The van der Waals surface area contributed by atoms with E-state index in [0.29, 0.717) is 5.82 Å². The number of nitrogens with zero attached hydrogens (tertiary/aromatic N) is 3. The molecule has 2 heterocycles. The van der Waals surface area contributed by atoms with Crippen LogP contribution in [0.25, 0.3) is 11.5 Å². The third-order valence-electron chi connectivity index (χ3n) is 2.70. The third kappa shape index (κ3) is 3.11. The minimum absolute atomic E-state index is 0.168. The molecule has 0 spiro atoms. The smallest absolute Gasteiger partial charge is 0.179 e. The van der Waals surface area contributed by atoms with Crippen molar-refractivity contribution in [1.82, 2.24) is 15.0 Å². The maximum Gasteiger partial charge on any atom is 0.179 e. The molecule has 2 N–H and O–H groups in total. The quantitative estimate of drug-likeness (QED) is 0.943. The Labute approximate surface area is 115 Å². The van der Waals surface area contributed by atoms with Gasteiger partial charge in [-0.2, -0.15) is 0 Å². The molecule has 1 unspecified atom stereocenters. The Morgan fingerprint density at radius 3 is 2.61 bits per heavy atom. The average molecular weight is 307 g/mol. The predicted molar refractivity (Wildman–Crippen MR) is 74.9 cm³/mol. The predicted octanol–water partition coefficient (Wildman–Crippen LogP) is 2.58. The molecule has 0 aromatic carbocycles. The van der Waals surface area contributed by atoms with E-state index in [9.17, 15) is 0 Å². The normalized spacial score (nSPS) is 12.4. The number of hydrogen-bond donors (Lipinski definition) is 1. The van der Waals surface area contributed by atoms with Crippen LogP contribution >= 0.6 is 15.9 Å². The lowest BCUT2D eigenvalue weighted by Gasteiger charge is -2.08. The van der Waals surface area contributed by atoms with Gasteiger partial charge in [0, 0.05) is 29.1 Å². The molecule has 0 radical (unpaired) electrons. The van der Waals surface area contributed by atoms with Crippen LogP contribution < -0.4 is 5.73 Å². The first-order chi connectivity index (χ1) is 8.70. The number of halogens is 1. The van der Waals surface area contributed by atoms with Gasteiger partial charge in [-0.05, 0) is 46.5 Å². The van der Waals surface area contributed by atoms with Crippen LogP contribution in [0.1, 0.15) is 18.9 Å². The minimum atomic E-state index is 0.168. The Kier molecular flexibility index (Phi) is 4.38. The molecule has 0 amide bonds. The Balaban J connectivity index is 2.20. The molecule has 1 atom stereocenters. The summed E-state index contributed by atoms with van der Waals surface area (Å²) in [5.41, 5.74) is 7.71. The summed E-state index contributed by atoms with van der Waals surface area (Å²) in [6.07, 6.45) is 7.12. The molecule has 0 aliphatic carbocycles. The molecule has 0 saturated heterocycles. The van der Waals surface area contributed by atoms with Crippen LogP contribution in [-0.4, -0.2) is 21.0 Å². The molecule has 2 aromatic heterocycles. The maximum absolute atomic E-state index is 5.90. The summed E-state index contributed by atoms with van der Waals surface area (Å²) in [6.45, 7) is 2.07. The van der Waals surface area contributed by atoms with E-state index >= 15 is 0 Å². The van der Waals surface area contributed by atoms with E-state index in [0.717, 1.165) is 28.6 Å². The molecule has 2 aromatic rings. The fourth-order valence-corrected chi connectivity index (χ4v) is 2.01. The summed E-state index contributed by atoms with van der Waals surface area (Å²) in [6, 6.07) is 3.95. The second-order valence-electron chi connectivity index (χ2n) is 4.12. The fourth-order valence-electron chi connectivity index (χ4n) is 1.58. The highest BCUT2D eigenvalue weighted by Crippen LogP contribution is 2.22. The molecule has 0 saturated carbocycles. The zero-order chi connectivity index (χ0) is 13.0. The Bertz CT molecular complexity index is 513. The zero-order valence-corrected chi connectivity index (χ0v) is 11.8. The molecular weight excluding hydrogens is 292 g/mol. The van der Waals surface area contributed by atoms with Gasteiger partial charge in [0.15, 0.2) is 5.82 Å². The topological polar surface area (TPSA) is 64.7 Å². The van der Waals surface area contributed by atoms with Gasteiger partial charge in [-0.15, -0.1) is 0 Å². The second-order valence-corrected chi connectivity index (χ2v) is 4.98. The van der Waals surface area contributed by atoms with Crippen LogP contribution in [0.5, 0.6) is 0 Å². The van der Waals surface area contributed by atoms with Gasteiger partial charge in [0.05, 0.1) is 0 Å². The van der Waals surface area contributed by atoms with Crippen LogP contribution in [0.3, 0.4) is 0 Å². The summed E-state index contributed by atoms with van der Waals surface area (Å²) in [5.74, 6) is 0.622. The van der Waals surface area contributed by atoms with Gasteiger partial charge < -0.3 is 5.73 Å². The van der Waals surface area contributed by atoms with Gasteiger partial charge in [-0.3, -0.25) is 4.98 Å². The van der Waals surface area contributed by atoms with Crippen molar-refractivity contribution in [3.63, 3.8) is 0 Å². The lowest BCUT2D eigenvalue weighted by Crippen LogP contribution is -2.21. The van der Waals surface area contributed by atoms with E-state index < -0.39 is 0 Å². The van der Waals surface area contributed by atoms with Gasteiger partial charge in [0.25, 0.3) is 0 Å². The standard InChI is InChI=1S/C13H15BrN4/c1-2-10(15)6-9-7-17-13(18-8-9)12-11(14)4-3-5-16-12/h3-5,7-8,10H,2,6,15H2,1H3. The van der Waals surface area contributed by atoms with Crippen LogP contribution in [0.2, 0.25) is 0 Å². The van der Waals surface area contributed by atoms with Crippen molar-refractivity contribution in [1.29, 1.82) is 0 Å². The Morgan fingerprint density at radius 2 is 2.00 bits per heavy atom. The van der Waals surface area contributed by atoms with Crippen LogP contribution in [0, 0.1) is 0 Å². The highest BCUT2D eigenvalue weighted by atomic mass is 79.9. The SMILES string of the molecule is CCC(N)Cc1cnc(-c2ncccc2Br)nc1. The van der Waals surface area contributed by atoms with E-state index in [2.05, 4.69) is 37.8 Å². The molecule has 0 aliphatic heterocycles. The number of aromatic nitrogens is 3. The molecule has 0 aliphatic rings. The van der Waals surface area contributed by atoms with Gasteiger partial charge in [0.2, 0.25) is 0 Å². The summed E-state index contributed by atoms with van der Waals surface area (Å²) < 4.78 is 0.892. The van der Waals surface area contributed by atoms with Crippen molar-refractivity contribution in [2.75, 3.05) is 0 Å². The highest BCUT2D eigenvalue weighted by Gasteiger charge is 2.08. The average Bonchev–Trinajstić information content (AvgIpc) is 2.40. The van der Waals surface area contributed by atoms with E-state index in [1.165, 1.54) is 0 Å². The molecular formula is C13H15BrN4. The number of nitrogens with two attached hydrogens (primary N) is 1. The monoisotopic (exact) mass is 306 g/mol. The molecule has 18 heavy (non-hydrogen) atoms. The number of pyridine rings is 1. The third-order valence-corrected chi connectivity index (χ3v) is 3.34. The van der Waals surface area contributed by atoms with Crippen LogP contribution in [0.15, 0.2) is 35.2 Å².